The Hall–Kier alpha value is -2.10. The van der Waals surface area contributed by atoms with Crippen LogP contribution in [0.4, 0.5) is 5.69 Å². The average Bonchev–Trinajstić information content (AvgIpc) is 2.58. The Morgan fingerprint density at radius 1 is 1.17 bits per heavy atom. The number of aryl methyl sites for hydroxylation is 1. The summed E-state index contributed by atoms with van der Waals surface area (Å²) in [5, 5.41) is 7.66. The minimum Gasteiger partial charge on any atom is -0.381 e. The number of carbonyl (C=O) groups excluding carboxylic acids is 1. The van der Waals surface area contributed by atoms with E-state index in [0.29, 0.717) is 0 Å². The molecule has 1 aromatic carbocycles. The molecule has 1 fully saturated rings. The molecule has 3 rings (SSSR count). The van der Waals surface area contributed by atoms with Crippen molar-refractivity contribution in [2.75, 3.05) is 12.4 Å². The van der Waals surface area contributed by atoms with Crippen LogP contribution in [0.1, 0.15) is 36.9 Å². The Balaban J connectivity index is 1.99. The highest BCUT2D eigenvalue weighted by molar-refractivity contribution is 5.93. The van der Waals surface area contributed by atoms with Gasteiger partial charge in [0.1, 0.15) is 0 Å². The third-order valence-corrected chi connectivity index (χ3v) is 5.06. The van der Waals surface area contributed by atoms with Crippen molar-refractivity contribution in [1.82, 2.24) is 10.3 Å². The molecule has 1 amide bonds. The summed E-state index contributed by atoms with van der Waals surface area (Å²) in [6, 6.07) is 8.40. The van der Waals surface area contributed by atoms with Crippen LogP contribution in [0, 0.1) is 19.8 Å². The van der Waals surface area contributed by atoms with Crippen molar-refractivity contribution in [3.8, 4) is 0 Å². The van der Waals surface area contributed by atoms with Crippen LogP contribution in [0.3, 0.4) is 0 Å². The Kier molecular flexibility index (Phi) is 4.51. The molecule has 122 valence electrons. The van der Waals surface area contributed by atoms with Gasteiger partial charge in [0, 0.05) is 29.9 Å². The van der Waals surface area contributed by atoms with Gasteiger partial charge < -0.3 is 10.6 Å². The number of anilines is 1. The van der Waals surface area contributed by atoms with Crippen LogP contribution in [0.2, 0.25) is 0 Å². The number of hydrogen-bond donors (Lipinski definition) is 2. The Morgan fingerprint density at radius 2 is 1.91 bits per heavy atom. The predicted molar refractivity (Wildman–Crippen MR) is 94.7 cm³/mol. The van der Waals surface area contributed by atoms with Crippen molar-refractivity contribution < 1.29 is 4.79 Å². The molecule has 1 aromatic heterocycles. The van der Waals surface area contributed by atoms with E-state index >= 15 is 0 Å². The third kappa shape index (κ3) is 3.03. The zero-order valence-electron chi connectivity index (χ0n) is 14.1. The topological polar surface area (TPSA) is 54.0 Å². The molecule has 0 aliphatic heterocycles. The molecule has 1 aliphatic rings. The van der Waals surface area contributed by atoms with Gasteiger partial charge >= 0.3 is 0 Å². The summed E-state index contributed by atoms with van der Waals surface area (Å²) in [4.78, 5) is 16.9. The summed E-state index contributed by atoms with van der Waals surface area (Å²) < 4.78 is 0. The third-order valence-electron chi connectivity index (χ3n) is 5.06. The van der Waals surface area contributed by atoms with Gasteiger partial charge in [-0.1, -0.05) is 31.0 Å². The highest BCUT2D eigenvalue weighted by Crippen LogP contribution is 2.33. The SMILES string of the molecule is CNC(=O)C1CCCCC1Nc1c(C)c(C)nc2ccccc12. The van der Waals surface area contributed by atoms with Gasteiger partial charge in [-0.05, 0) is 38.3 Å². The zero-order chi connectivity index (χ0) is 16.4. The van der Waals surface area contributed by atoms with E-state index in [0.717, 1.165) is 41.5 Å². The smallest absolute Gasteiger partial charge is 0.224 e. The van der Waals surface area contributed by atoms with Gasteiger partial charge in [-0.25, -0.2) is 0 Å². The number of pyridine rings is 1. The van der Waals surface area contributed by atoms with Crippen molar-refractivity contribution in [1.29, 1.82) is 0 Å². The van der Waals surface area contributed by atoms with E-state index in [2.05, 4.69) is 28.6 Å². The van der Waals surface area contributed by atoms with E-state index < -0.39 is 0 Å². The minimum absolute atomic E-state index is 0.0420. The molecule has 0 radical (unpaired) electrons. The van der Waals surface area contributed by atoms with Crippen molar-refractivity contribution in [2.24, 2.45) is 5.92 Å². The molecule has 4 heteroatoms. The maximum absolute atomic E-state index is 12.2. The van der Waals surface area contributed by atoms with Crippen molar-refractivity contribution >= 4 is 22.5 Å². The van der Waals surface area contributed by atoms with Crippen LogP contribution in [0.25, 0.3) is 10.9 Å². The first kappa shape index (κ1) is 15.8. The van der Waals surface area contributed by atoms with Crippen molar-refractivity contribution in [2.45, 2.75) is 45.6 Å². The van der Waals surface area contributed by atoms with Crippen LogP contribution in [0.15, 0.2) is 24.3 Å². The molecule has 0 saturated heterocycles. The first-order chi connectivity index (χ1) is 11.1. The maximum atomic E-state index is 12.2. The second-order valence-corrected chi connectivity index (χ2v) is 6.47. The van der Waals surface area contributed by atoms with E-state index in [-0.39, 0.29) is 17.9 Å². The average molecular weight is 311 g/mol. The molecular weight excluding hydrogens is 286 g/mol. The highest BCUT2D eigenvalue weighted by atomic mass is 16.1. The molecule has 2 aromatic rings. The molecule has 2 N–H and O–H groups in total. The fraction of sp³-hybridized carbons (Fsp3) is 0.474. The number of para-hydroxylation sites is 1. The minimum atomic E-state index is 0.0420. The molecule has 4 nitrogen and oxygen atoms in total. The lowest BCUT2D eigenvalue weighted by Gasteiger charge is -2.32. The molecule has 1 saturated carbocycles. The molecule has 0 bridgehead atoms. The second kappa shape index (κ2) is 6.57. The number of amides is 1. The fourth-order valence-corrected chi connectivity index (χ4v) is 3.60. The van der Waals surface area contributed by atoms with Crippen molar-refractivity contribution in [3.63, 3.8) is 0 Å². The van der Waals surface area contributed by atoms with Gasteiger partial charge in [-0.3, -0.25) is 9.78 Å². The maximum Gasteiger partial charge on any atom is 0.224 e. The van der Waals surface area contributed by atoms with E-state index in [9.17, 15) is 4.79 Å². The van der Waals surface area contributed by atoms with Gasteiger partial charge in [0.2, 0.25) is 5.91 Å². The predicted octanol–water partition coefficient (Wildman–Crippen LogP) is 3.57. The number of aromatic nitrogens is 1. The monoisotopic (exact) mass is 311 g/mol. The molecular formula is C19H25N3O. The lowest BCUT2D eigenvalue weighted by molar-refractivity contribution is -0.125. The van der Waals surface area contributed by atoms with Gasteiger partial charge in [0.15, 0.2) is 0 Å². The first-order valence-corrected chi connectivity index (χ1v) is 8.46. The summed E-state index contributed by atoms with van der Waals surface area (Å²) in [5.74, 6) is 0.190. The zero-order valence-corrected chi connectivity index (χ0v) is 14.1. The van der Waals surface area contributed by atoms with Gasteiger partial charge in [-0.2, -0.15) is 0 Å². The summed E-state index contributed by atoms with van der Waals surface area (Å²) >= 11 is 0. The van der Waals surface area contributed by atoms with E-state index in [1.54, 1.807) is 7.05 Å². The van der Waals surface area contributed by atoms with Crippen LogP contribution < -0.4 is 10.6 Å². The largest absolute Gasteiger partial charge is 0.381 e. The second-order valence-electron chi connectivity index (χ2n) is 6.47. The molecule has 2 unspecified atom stereocenters. The lowest BCUT2D eigenvalue weighted by Crippen LogP contribution is -2.42. The number of fused-ring (bicyclic) bond motifs is 1. The number of hydrogen-bond acceptors (Lipinski definition) is 3. The quantitative estimate of drug-likeness (QED) is 0.911. The summed E-state index contributed by atoms with van der Waals surface area (Å²) in [6.45, 7) is 4.15. The number of benzene rings is 1. The molecule has 0 spiro atoms. The van der Waals surface area contributed by atoms with Crippen LogP contribution in [-0.4, -0.2) is 24.0 Å². The normalized spacial score (nSPS) is 21.2. The standard InChI is InChI=1S/C19H25N3O/c1-12-13(2)21-16-10-6-4-8-14(16)18(12)22-17-11-7-5-9-15(17)19(23)20-3/h4,6,8,10,15,17H,5,7,9,11H2,1-3H3,(H,20,23)(H,21,22). The molecule has 23 heavy (non-hydrogen) atoms. The highest BCUT2D eigenvalue weighted by Gasteiger charge is 2.31. The van der Waals surface area contributed by atoms with Gasteiger partial charge in [0.05, 0.1) is 11.4 Å². The number of carbonyl (C=O) groups is 1. The van der Waals surface area contributed by atoms with Crippen molar-refractivity contribution in [3.05, 3.63) is 35.5 Å². The van der Waals surface area contributed by atoms with Gasteiger partial charge in [0.25, 0.3) is 0 Å². The fourth-order valence-electron chi connectivity index (χ4n) is 3.60. The Morgan fingerprint density at radius 3 is 2.70 bits per heavy atom. The summed E-state index contributed by atoms with van der Waals surface area (Å²) in [5.41, 5.74) is 4.35. The van der Waals surface area contributed by atoms with E-state index in [1.165, 1.54) is 12.0 Å². The Bertz CT molecular complexity index is 726. The van der Waals surface area contributed by atoms with Crippen LogP contribution in [-0.2, 0) is 4.79 Å². The molecule has 1 aliphatic carbocycles. The number of rotatable bonds is 3. The summed E-state index contributed by atoms with van der Waals surface area (Å²) in [6.07, 6.45) is 4.29. The van der Waals surface area contributed by atoms with Crippen LogP contribution >= 0.6 is 0 Å². The van der Waals surface area contributed by atoms with E-state index in [4.69, 9.17) is 0 Å². The van der Waals surface area contributed by atoms with E-state index in [1.807, 2.05) is 25.1 Å². The van der Waals surface area contributed by atoms with Gasteiger partial charge in [-0.15, -0.1) is 0 Å². The number of nitrogens with one attached hydrogen (secondary N) is 2. The first-order valence-electron chi connectivity index (χ1n) is 8.46. The molecule has 1 heterocycles. The summed E-state index contributed by atoms with van der Waals surface area (Å²) in [7, 11) is 1.73. The number of nitrogens with zero attached hydrogens (tertiary/aromatic N) is 1. The molecule has 2 atom stereocenters. The lowest BCUT2D eigenvalue weighted by atomic mass is 9.83. The Labute approximate surface area is 137 Å². The van der Waals surface area contributed by atoms with Crippen LogP contribution in [0.5, 0.6) is 0 Å².